The Morgan fingerprint density at radius 3 is 1.68 bits per heavy atom. The van der Waals surface area contributed by atoms with Crippen LogP contribution >= 0.6 is 0 Å². The van der Waals surface area contributed by atoms with Gasteiger partial charge in [0.2, 0.25) is 9.84 Å². The standard InChI is InChI=1S/C52H83N5O4S2/c1-4-6-7-8-9-10-11-12-13-14-15-16-17-18-19-20-21-22-41-61-46-23-26-48(27-24-46)63(59,60)51-43-53-50-28-25-47(62(3)58)42-49(50)52(51)57-35-31-44(32-36-57)55-33-29-45(30-34-55)56-39-37-54(5-2)38-40-56/h23-28,42-45H,4-22,29-41H2,1-3H3/t62-/m1/s1. The number of anilines is 1. The molecule has 352 valence electrons. The fourth-order valence-corrected chi connectivity index (χ4v) is 12.4. The molecule has 11 heteroatoms. The highest BCUT2D eigenvalue weighted by Crippen LogP contribution is 2.39. The van der Waals surface area contributed by atoms with Crippen LogP contribution in [0.3, 0.4) is 0 Å². The van der Waals surface area contributed by atoms with Crippen molar-refractivity contribution in [3.05, 3.63) is 48.7 Å². The molecule has 6 rings (SSSR count). The van der Waals surface area contributed by atoms with Crippen molar-refractivity contribution in [3.8, 4) is 5.75 Å². The Morgan fingerprint density at radius 2 is 1.16 bits per heavy atom. The minimum Gasteiger partial charge on any atom is -0.612 e. The molecule has 0 radical (unpaired) electrons. The number of likely N-dealkylation sites (N-methyl/N-ethyl adjacent to an activating group) is 1. The Balaban J connectivity index is 0.948. The average Bonchev–Trinajstić information content (AvgIpc) is 3.32. The van der Waals surface area contributed by atoms with E-state index in [1.54, 1.807) is 30.5 Å². The van der Waals surface area contributed by atoms with E-state index in [-0.39, 0.29) is 9.79 Å². The van der Waals surface area contributed by atoms with Crippen molar-refractivity contribution >= 4 is 37.6 Å². The van der Waals surface area contributed by atoms with E-state index in [1.807, 2.05) is 18.2 Å². The molecule has 1 aromatic heterocycles. The number of rotatable bonds is 27. The Bertz CT molecular complexity index is 1850. The van der Waals surface area contributed by atoms with Crippen LogP contribution in [0.1, 0.15) is 155 Å². The molecule has 3 aliphatic rings. The molecule has 0 saturated carbocycles. The highest BCUT2D eigenvalue weighted by molar-refractivity contribution is 7.91. The SMILES string of the molecule is CCCCCCCCCCCCCCCCCCCCOc1ccc(S(=O)(=O)c2cnc3ccc([S@@+](C)[O-])cc3c2N2CCC(N3CCC(N4CCN(CC)CC4)CC3)CC2)cc1. The van der Waals surface area contributed by atoms with E-state index in [0.717, 1.165) is 63.8 Å². The monoisotopic (exact) mass is 906 g/mol. The highest BCUT2D eigenvalue weighted by Gasteiger charge is 2.34. The van der Waals surface area contributed by atoms with Gasteiger partial charge in [-0.15, -0.1) is 0 Å². The maximum absolute atomic E-state index is 14.5. The number of piperidine rings is 2. The molecule has 3 aromatic rings. The van der Waals surface area contributed by atoms with Gasteiger partial charge >= 0.3 is 0 Å². The van der Waals surface area contributed by atoms with E-state index < -0.39 is 21.0 Å². The van der Waals surface area contributed by atoms with Crippen molar-refractivity contribution in [1.82, 2.24) is 19.7 Å². The number of hydrogen-bond donors (Lipinski definition) is 0. The molecule has 9 nitrogen and oxygen atoms in total. The number of aromatic nitrogens is 1. The molecule has 0 N–H and O–H groups in total. The molecule has 4 heterocycles. The predicted molar refractivity (Wildman–Crippen MR) is 264 cm³/mol. The first-order valence-corrected chi connectivity index (χ1v) is 28.5. The number of piperazine rings is 1. The molecular weight excluding hydrogens is 823 g/mol. The normalized spacial score (nSPS) is 18.4. The zero-order valence-electron chi connectivity index (χ0n) is 39.6. The van der Waals surface area contributed by atoms with Crippen LogP contribution < -0.4 is 9.64 Å². The van der Waals surface area contributed by atoms with Gasteiger partial charge < -0.3 is 24.0 Å². The second kappa shape index (κ2) is 26.7. The summed E-state index contributed by atoms with van der Waals surface area (Å²) in [7, 11) is -3.92. The van der Waals surface area contributed by atoms with Crippen molar-refractivity contribution in [3.63, 3.8) is 0 Å². The molecule has 0 aliphatic carbocycles. The van der Waals surface area contributed by atoms with Gasteiger partial charge in [0.05, 0.1) is 22.7 Å². The third kappa shape index (κ3) is 15.1. The maximum atomic E-state index is 14.5. The summed E-state index contributed by atoms with van der Waals surface area (Å²) >= 11 is -1.21. The van der Waals surface area contributed by atoms with Gasteiger partial charge in [0.25, 0.3) is 0 Å². The molecule has 3 fully saturated rings. The summed E-state index contributed by atoms with van der Waals surface area (Å²) in [5, 5.41) is 0.746. The number of unbranched alkanes of at least 4 members (excludes halogenated alkanes) is 17. The van der Waals surface area contributed by atoms with Gasteiger partial charge in [0, 0.05) is 69.0 Å². The van der Waals surface area contributed by atoms with Crippen LogP contribution in [0.25, 0.3) is 10.9 Å². The van der Waals surface area contributed by atoms with Gasteiger partial charge in [-0.05, 0) is 99.3 Å². The summed E-state index contributed by atoms with van der Waals surface area (Å²) in [5.74, 6) is 0.693. The van der Waals surface area contributed by atoms with E-state index in [4.69, 9.17) is 4.74 Å². The average molecular weight is 906 g/mol. The molecule has 2 aromatic carbocycles. The number of fused-ring (bicyclic) bond motifs is 1. The molecule has 1 atom stereocenters. The van der Waals surface area contributed by atoms with Crippen LogP contribution in [0.4, 0.5) is 5.69 Å². The van der Waals surface area contributed by atoms with Gasteiger partial charge in [0.15, 0.2) is 4.90 Å². The summed E-state index contributed by atoms with van der Waals surface area (Å²) in [6.07, 6.45) is 31.9. The summed E-state index contributed by atoms with van der Waals surface area (Å²) in [5.41, 5.74) is 1.40. The first kappa shape index (κ1) is 50.0. The van der Waals surface area contributed by atoms with E-state index in [1.165, 1.54) is 148 Å². The highest BCUT2D eigenvalue weighted by atomic mass is 32.2. The van der Waals surface area contributed by atoms with Gasteiger partial charge in [-0.2, -0.15) is 0 Å². The van der Waals surface area contributed by atoms with Gasteiger partial charge in [0.1, 0.15) is 16.9 Å². The molecule has 3 saturated heterocycles. The fourth-order valence-electron chi connectivity index (χ4n) is 10.4. The van der Waals surface area contributed by atoms with E-state index >= 15 is 0 Å². The molecule has 3 aliphatic heterocycles. The minimum atomic E-state index is -3.92. The second-order valence-electron chi connectivity index (χ2n) is 18.9. The van der Waals surface area contributed by atoms with Crippen LogP contribution in [-0.4, -0.2) is 117 Å². The zero-order chi connectivity index (χ0) is 44.3. The minimum absolute atomic E-state index is 0.212. The number of pyridine rings is 1. The Labute approximate surface area is 386 Å². The van der Waals surface area contributed by atoms with Crippen molar-refractivity contribution in [2.75, 3.05) is 76.7 Å². The number of hydrogen-bond acceptors (Lipinski definition) is 9. The number of benzene rings is 2. The number of sulfone groups is 1. The Morgan fingerprint density at radius 1 is 0.651 bits per heavy atom. The molecular formula is C52H83N5O4S2. The van der Waals surface area contributed by atoms with Crippen LogP contribution in [0.15, 0.2) is 63.3 Å². The third-order valence-electron chi connectivity index (χ3n) is 14.5. The molecule has 0 spiro atoms. The Kier molecular flexibility index (Phi) is 21.2. The zero-order valence-corrected chi connectivity index (χ0v) is 41.2. The number of ether oxygens (including phenoxy) is 1. The lowest BCUT2D eigenvalue weighted by molar-refractivity contribution is 0.0449. The van der Waals surface area contributed by atoms with Gasteiger partial charge in [-0.3, -0.25) is 9.88 Å². The van der Waals surface area contributed by atoms with Crippen molar-refractivity contribution in [2.45, 2.75) is 182 Å². The Hall–Kier alpha value is -2.41. The van der Waals surface area contributed by atoms with Crippen LogP contribution in [0.5, 0.6) is 5.75 Å². The quantitative estimate of drug-likeness (QED) is 0.0548. The summed E-state index contributed by atoms with van der Waals surface area (Å²) in [6, 6.07) is 13.7. The topological polar surface area (TPSA) is 92.3 Å². The molecule has 63 heavy (non-hydrogen) atoms. The van der Waals surface area contributed by atoms with Gasteiger partial charge in [-0.1, -0.05) is 123 Å². The lowest BCUT2D eigenvalue weighted by Crippen LogP contribution is -2.55. The largest absolute Gasteiger partial charge is 0.612 e. The van der Waals surface area contributed by atoms with Crippen molar-refractivity contribution in [2.24, 2.45) is 0 Å². The van der Waals surface area contributed by atoms with Crippen LogP contribution in [0.2, 0.25) is 0 Å². The van der Waals surface area contributed by atoms with Crippen molar-refractivity contribution < 1.29 is 17.7 Å². The number of likely N-dealkylation sites (tertiary alicyclic amines) is 1. The van der Waals surface area contributed by atoms with E-state index in [2.05, 4.69) is 38.4 Å². The van der Waals surface area contributed by atoms with E-state index in [0.29, 0.717) is 40.5 Å². The second-order valence-corrected chi connectivity index (χ2v) is 22.2. The van der Waals surface area contributed by atoms with Crippen LogP contribution in [-0.2, 0) is 21.0 Å². The van der Waals surface area contributed by atoms with Gasteiger partial charge in [-0.25, -0.2) is 8.42 Å². The first-order valence-electron chi connectivity index (χ1n) is 25.5. The third-order valence-corrected chi connectivity index (χ3v) is 17.2. The van der Waals surface area contributed by atoms with Crippen LogP contribution in [0, 0.1) is 0 Å². The lowest BCUT2D eigenvalue weighted by Gasteiger charge is -2.46. The lowest BCUT2D eigenvalue weighted by atomic mass is 9.96. The molecule has 0 bridgehead atoms. The smallest absolute Gasteiger partial charge is 0.210 e. The van der Waals surface area contributed by atoms with E-state index in [9.17, 15) is 13.0 Å². The number of nitrogens with zero attached hydrogens (tertiary/aromatic N) is 5. The summed E-state index contributed by atoms with van der Waals surface area (Å²) in [6.45, 7) is 14.9. The first-order chi connectivity index (χ1) is 30.8. The fraction of sp³-hybridized carbons (Fsp3) is 0.712. The summed E-state index contributed by atoms with van der Waals surface area (Å²) < 4.78 is 47.8. The molecule has 0 amide bonds. The predicted octanol–water partition coefficient (Wildman–Crippen LogP) is 11.3. The molecule has 0 unspecified atom stereocenters. The maximum Gasteiger partial charge on any atom is 0.210 e. The summed E-state index contributed by atoms with van der Waals surface area (Å²) in [4.78, 5) is 16.0. The van der Waals surface area contributed by atoms with Crippen molar-refractivity contribution in [1.29, 1.82) is 0 Å².